The Hall–Kier alpha value is -1.64. The topological polar surface area (TPSA) is 43.4 Å². The second-order valence-electron chi connectivity index (χ2n) is 3.42. The van der Waals surface area contributed by atoms with E-state index < -0.39 is 5.97 Å². The third-order valence-corrected chi connectivity index (χ3v) is 1.97. The molecule has 0 radical (unpaired) electrons. The van der Waals surface area contributed by atoms with Crippen LogP contribution in [-0.2, 0) is 14.3 Å². The lowest BCUT2D eigenvalue weighted by atomic mass is 10.1. The number of carbonyl (C=O) groups is 2. The first kappa shape index (κ1) is 11.4. The summed E-state index contributed by atoms with van der Waals surface area (Å²) in [5, 5.41) is 0. The van der Waals surface area contributed by atoms with Gasteiger partial charge in [-0.1, -0.05) is 30.3 Å². The first-order chi connectivity index (χ1) is 7.09. The van der Waals surface area contributed by atoms with Crippen LogP contribution in [0.2, 0.25) is 0 Å². The van der Waals surface area contributed by atoms with Crippen molar-refractivity contribution < 1.29 is 14.3 Å². The van der Waals surface area contributed by atoms with Gasteiger partial charge in [0.2, 0.25) is 0 Å². The van der Waals surface area contributed by atoms with Crippen LogP contribution in [0.4, 0.5) is 0 Å². The van der Waals surface area contributed by atoms with Crippen molar-refractivity contribution in [1.82, 2.24) is 0 Å². The van der Waals surface area contributed by atoms with E-state index in [9.17, 15) is 9.59 Å². The summed E-state index contributed by atoms with van der Waals surface area (Å²) < 4.78 is 5.09. The molecule has 1 aromatic rings. The fourth-order valence-electron chi connectivity index (χ4n) is 1.23. The second kappa shape index (κ2) is 5.29. The van der Waals surface area contributed by atoms with E-state index in [1.807, 2.05) is 30.3 Å². The van der Waals surface area contributed by atoms with Crippen molar-refractivity contribution in [2.24, 2.45) is 0 Å². The molecule has 80 valence electrons. The molecule has 3 heteroatoms. The van der Waals surface area contributed by atoms with Crippen molar-refractivity contribution >= 4 is 11.8 Å². The Labute approximate surface area is 89.1 Å². The number of carbonyl (C=O) groups excluding carboxylic acids is 2. The van der Waals surface area contributed by atoms with Gasteiger partial charge in [0.1, 0.15) is 18.3 Å². The van der Waals surface area contributed by atoms with Crippen LogP contribution in [0.1, 0.15) is 31.9 Å². The standard InChI is InChI=1S/C12H14O3/c1-9(13)8-12(14)15-10(2)11-6-4-3-5-7-11/h3-7,10H,8H2,1-2H3/t10-/m0/s1. The van der Waals surface area contributed by atoms with E-state index >= 15 is 0 Å². The minimum atomic E-state index is -0.473. The number of rotatable bonds is 4. The summed E-state index contributed by atoms with van der Waals surface area (Å²) in [4.78, 5) is 21.9. The van der Waals surface area contributed by atoms with Crippen molar-refractivity contribution in [3.05, 3.63) is 35.9 Å². The van der Waals surface area contributed by atoms with Gasteiger partial charge in [0.15, 0.2) is 0 Å². The highest BCUT2D eigenvalue weighted by Gasteiger charge is 2.12. The summed E-state index contributed by atoms with van der Waals surface area (Å²) in [6.07, 6.45) is -0.463. The molecule has 0 aliphatic rings. The lowest BCUT2D eigenvalue weighted by Gasteiger charge is -2.12. The molecule has 1 aromatic carbocycles. The summed E-state index contributed by atoms with van der Waals surface area (Å²) in [5.41, 5.74) is 0.925. The molecule has 15 heavy (non-hydrogen) atoms. The van der Waals surface area contributed by atoms with Crippen molar-refractivity contribution in [3.63, 3.8) is 0 Å². The minimum Gasteiger partial charge on any atom is -0.457 e. The van der Waals surface area contributed by atoms with Gasteiger partial charge in [-0.2, -0.15) is 0 Å². The maximum Gasteiger partial charge on any atom is 0.313 e. The lowest BCUT2D eigenvalue weighted by Crippen LogP contribution is -2.11. The van der Waals surface area contributed by atoms with E-state index in [2.05, 4.69) is 0 Å². The molecule has 0 spiro atoms. The highest BCUT2D eigenvalue weighted by Crippen LogP contribution is 2.16. The Kier molecular flexibility index (Phi) is 4.03. The number of esters is 1. The Morgan fingerprint density at radius 3 is 2.40 bits per heavy atom. The molecule has 0 saturated carbocycles. The van der Waals surface area contributed by atoms with E-state index in [-0.39, 0.29) is 18.3 Å². The molecule has 0 saturated heterocycles. The van der Waals surface area contributed by atoms with Crippen LogP contribution in [-0.4, -0.2) is 11.8 Å². The van der Waals surface area contributed by atoms with Crippen molar-refractivity contribution in [2.45, 2.75) is 26.4 Å². The van der Waals surface area contributed by atoms with Gasteiger partial charge in [-0.05, 0) is 19.4 Å². The Morgan fingerprint density at radius 2 is 1.87 bits per heavy atom. The molecule has 0 unspecified atom stereocenters. The Bertz CT molecular complexity index is 343. The van der Waals surface area contributed by atoms with E-state index in [1.54, 1.807) is 6.92 Å². The average Bonchev–Trinajstić information content (AvgIpc) is 2.17. The van der Waals surface area contributed by atoms with Crippen molar-refractivity contribution in [1.29, 1.82) is 0 Å². The monoisotopic (exact) mass is 206 g/mol. The van der Waals surface area contributed by atoms with Gasteiger partial charge < -0.3 is 4.74 Å². The zero-order valence-corrected chi connectivity index (χ0v) is 8.90. The average molecular weight is 206 g/mol. The zero-order chi connectivity index (χ0) is 11.3. The van der Waals surface area contributed by atoms with Gasteiger partial charge in [0.05, 0.1) is 0 Å². The van der Waals surface area contributed by atoms with Gasteiger partial charge in [0.25, 0.3) is 0 Å². The van der Waals surface area contributed by atoms with Crippen LogP contribution in [0, 0.1) is 0 Å². The predicted molar refractivity (Wildman–Crippen MR) is 56.2 cm³/mol. The first-order valence-corrected chi connectivity index (χ1v) is 4.83. The highest BCUT2D eigenvalue weighted by molar-refractivity contribution is 5.94. The van der Waals surface area contributed by atoms with Crippen LogP contribution < -0.4 is 0 Å². The summed E-state index contributed by atoms with van der Waals surface area (Å²) in [7, 11) is 0. The van der Waals surface area contributed by atoms with Gasteiger partial charge in [-0.25, -0.2) is 0 Å². The molecular formula is C12H14O3. The molecule has 0 N–H and O–H groups in total. The molecule has 3 nitrogen and oxygen atoms in total. The molecule has 0 fully saturated rings. The fourth-order valence-corrected chi connectivity index (χ4v) is 1.23. The molecular weight excluding hydrogens is 192 g/mol. The fraction of sp³-hybridized carbons (Fsp3) is 0.333. The quantitative estimate of drug-likeness (QED) is 0.560. The van der Waals surface area contributed by atoms with Gasteiger partial charge >= 0.3 is 5.97 Å². The van der Waals surface area contributed by atoms with Gasteiger partial charge in [-0.15, -0.1) is 0 Å². The molecule has 0 amide bonds. The van der Waals surface area contributed by atoms with Gasteiger partial charge in [0, 0.05) is 0 Å². The van der Waals surface area contributed by atoms with Crippen molar-refractivity contribution in [3.8, 4) is 0 Å². The summed E-state index contributed by atoms with van der Waals surface area (Å²) in [6, 6.07) is 9.42. The van der Waals surface area contributed by atoms with E-state index in [0.29, 0.717) is 0 Å². The van der Waals surface area contributed by atoms with E-state index in [4.69, 9.17) is 4.74 Å². The number of hydrogen-bond donors (Lipinski definition) is 0. The molecule has 1 atom stereocenters. The lowest BCUT2D eigenvalue weighted by molar-refractivity contribution is -0.150. The predicted octanol–water partition coefficient (Wildman–Crippen LogP) is 2.27. The number of ketones is 1. The summed E-state index contributed by atoms with van der Waals surface area (Å²) >= 11 is 0. The minimum absolute atomic E-state index is 0.156. The third kappa shape index (κ3) is 3.94. The molecule has 0 aromatic heterocycles. The van der Waals surface area contributed by atoms with Gasteiger partial charge in [-0.3, -0.25) is 9.59 Å². The number of hydrogen-bond acceptors (Lipinski definition) is 3. The maximum atomic E-state index is 11.2. The molecule has 1 rings (SSSR count). The zero-order valence-electron chi connectivity index (χ0n) is 8.90. The molecule has 0 heterocycles. The molecule has 0 bridgehead atoms. The van der Waals surface area contributed by atoms with Crippen LogP contribution in [0.5, 0.6) is 0 Å². The van der Waals surface area contributed by atoms with Crippen LogP contribution in [0.15, 0.2) is 30.3 Å². The highest BCUT2D eigenvalue weighted by atomic mass is 16.5. The number of Topliss-reactive ketones (excluding diaryl/α,β-unsaturated/α-hetero) is 1. The second-order valence-corrected chi connectivity index (χ2v) is 3.42. The SMILES string of the molecule is CC(=O)CC(=O)O[C@@H](C)c1ccccc1. The summed E-state index contributed by atoms with van der Waals surface area (Å²) in [6.45, 7) is 3.15. The smallest absolute Gasteiger partial charge is 0.313 e. The molecule has 0 aliphatic heterocycles. The third-order valence-electron chi connectivity index (χ3n) is 1.97. The summed E-state index contributed by atoms with van der Waals surface area (Å²) in [5.74, 6) is -0.654. The van der Waals surface area contributed by atoms with Crippen molar-refractivity contribution in [2.75, 3.05) is 0 Å². The van der Waals surface area contributed by atoms with E-state index in [1.165, 1.54) is 6.92 Å². The maximum absolute atomic E-state index is 11.2. The number of ether oxygens (including phenoxy) is 1. The largest absolute Gasteiger partial charge is 0.457 e. The Morgan fingerprint density at radius 1 is 1.27 bits per heavy atom. The van der Waals surface area contributed by atoms with Crippen LogP contribution in [0.25, 0.3) is 0 Å². The normalized spacial score (nSPS) is 11.9. The van der Waals surface area contributed by atoms with E-state index in [0.717, 1.165) is 5.56 Å². The first-order valence-electron chi connectivity index (χ1n) is 4.83. The molecule has 0 aliphatic carbocycles. The Balaban J connectivity index is 2.53. The number of benzene rings is 1. The van der Waals surface area contributed by atoms with Crippen LogP contribution in [0.3, 0.4) is 0 Å². The van der Waals surface area contributed by atoms with Crippen LogP contribution >= 0.6 is 0 Å².